The molecule has 19 heavy (non-hydrogen) atoms. The number of aryl methyl sites for hydroxylation is 1. The lowest BCUT2D eigenvalue weighted by Gasteiger charge is -2.07. The maximum Gasteiger partial charge on any atom is 0.125 e. The lowest BCUT2D eigenvalue weighted by Crippen LogP contribution is -2.00. The van der Waals surface area contributed by atoms with Crippen molar-refractivity contribution in [2.75, 3.05) is 18.1 Å². The smallest absolute Gasteiger partial charge is 0.125 e. The monoisotopic (exact) mass is 277 g/mol. The van der Waals surface area contributed by atoms with Crippen LogP contribution < -0.4 is 10.5 Å². The van der Waals surface area contributed by atoms with Crippen LogP contribution in [0.15, 0.2) is 47.4 Å². The van der Waals surface area contributed by atoms with Crippen molar-refractivity contribution in [3.63, 3.8) is 0 Å². The summed E-state index contributed by atoms with van der Waals surface area (Å²) in [6.07, 6.45) is 0. The van der Waals surface area contributed by atoms with Crippen molar-refractivity contribution in [1.82, 2.24) is 0 Å². The molecule has 0 spiro atoms. The van der Waals surface area contributed by atoms with E-state index in [-0.39, 0.29) is 5.82 Å². The van der Waals surface area contributed by atoms with Gasteiger partial charge in [0.05, 0.1) is 6.61 Å². The van der Waals surface area contributed by atoms with E-state index >= 15 is 0 Å². The summed E-state index contributed by atoms with van der Waals surface area (Å²) in [6, 6.07) is 12.4. The highest BCUT2D eigenvalue weighted by Gasteiger charge is 2.01. The number of benzene rings is 2. The van der Waals surface area contributed by atoms with Gasteiger partial charge in [-0.2, -0.15) is 0 Å². The zero-order valence-corrected chi connectivity index (χ0v) is 11.5. The Bertz CT molecular complexity index is 542. The minimum Gasteiger partial charge on any atom is -0.493 e. The standard InChI is InChI=1S/C15H16FNOS/c1-11-2-5-13(6-3-11)18-8-9-19-15-7-4-12(16)10-14(15)17/h2-7,10H,8-9,17H2,1H3. The van der Waals surface area contributed by atoms with Crippen molar-refractivity contribution in [2.24, 2.45) is 0 Å². The zero-order valence-electron chi connectivity index (χ0n) is 10.7. The van der Waals surface area contributed by atoms with Crippen molar-refractivity contribution >= 4 is 17.4 Å². The van der Waals surface area contributed by atoms with Crippen LogP contribution in [0.2, 0.25) is 0 Å². The number of nitrogen functional groups attached to an aromatic ring is 1. The molecule has 0 aliphatic rings. The fourth-order valence-electron chi connectivity index (χ4n) is 1.60. The van der Waals surface area contributed by atoms with Gasteiger partial charge in [-0.05, 0) is 37.3 Å². The molecule has 0 bridgehead atoms. The third kappa shape index (κ3) is 4.17. The van der Waals surface area contributed by atoms with Gasteiger partial charge >= 0.3 is 0 Å². The molecule has 100 valence electrons. The van der Waals surface area contributed by atoms with Crippen LogP contribution in [-0.2, 0) is 0 Å². The second kappa shape index (κ2) is 6.48. The fraction of sp³-hybridized carbons (Fsp3) is 0.200. The summed E-state index contributed by atoms with van der Waals surface area (Å²) >= 11 is 1.56. The van der Waals surface area contributed by atoms with E-state index in [0.29, 0.717) is 12.3 Å². The number of hydrogen-bond donors (Lipinski definition) is 1. The van der Waals surface area contributed by atoms with Crippen LogP contribution in [0.4, 0.5) is 10.1 Å². The summed E-state index contributed by atoms with van der Waals surface area (Å²) in [5.74, 6) is 1.32. The Hall–Kier alpha value is -1.68. The highest BCUT2D eigenvalue weighted by molar-refractivity contribution is 7.99. The lowest BCUT2D eigenvalue weighted by atomic mass is 10.2. The molecule has 0 saturated heterocycles. The van der Waals surface area contributed by atoms with Crippen LogP contribution in [0.1, 0.15) is 5.56 Å². The van der Waals surface area contributed by atoms with Gasteiger partial charge in [-0.1, -0.05) is 17.7 Å². The Morgan fingerprint density at radius 2 is 1.89 bits per heavy atom. The molecule has 2 aromatic carbocycles. The molecule has 0 fully saturated rings. The summed E-state index contributed by atoms with van der Waals surface area (Å²) in [4.78, 5) is 0.883. The summed E-state index contributed by atoms with van der Waals surface area (Å²) in [5, 5.41) is 0. The van der Waals surface area contributed by atoms with Gasteiger partial charge in [0.2, 0.25) is 0 Å². The van der Waals surface area contributed by atoms with Crippen molar-refractivity contribution in [2.45, 2.75) is 11.8 Å². The van der Waals surface area contributed by atoms with Crippen LogP contribution >= 0.6 is 11.8 Å². The van der Waals surface area contributed by atoms with Gasteiger partial charge in [-0.3, -0.25) is 0 Å². The molecule has 2 N–H and O–H groups in total. The second-order valence-electron chi connectivity index (χ2n) is 4.19. The molecule has 0 aliphatic carbocycles. The van der Waals surface area contributed by atoms with Crippen molar-refractivity contribution < 1.29 is 9.13 Å². The molecule has 2 nitrogen and oxygen atoms in total. The number of anilines is 1. The first-order valence-electron chi connectivity index (χ1n) is 6.02. The first-order valence-corrected chi connectivity index (χ1v) is 7.01. The number of rotatable bonds is 5. The molecule has 0 heterocycles. The topological polar surface area (TPSA) is 35.2 Å². The first-order chi connectivity index (χ1) is 9.15. The second-order valence-corrected chi connectivity index (χ2v) is 5.33. The van der Waals surface area contributed by atoms with Gasteiger partial charge in [-0.15, -0.1) is 11.8 Å². The van der Waals surface area contributed by atoms with Crippen molar-refractivity contribution in [3.8, 4) is 5.75 Å². The number of nitrogens with two attached hydrogens (primary N) is 1. The number of ether oxygens (including phenoxy) is 1. The summed E-state index contributed by atoms with van der Waals surface area (Å²) in [7, 11) is 0. The first kappa shape index (κ1) is 13.7. The van der Waals surface area contributed by atoms with E-state index in [1.165, 1.54) is 17.7 Å². The van der Waals surface area contributed by atoms with E-state index in [1.54, 1.807) is 17.8 Å². The van der Waals surface area contributed by atoms with Crippen molar-refractivity contribution in [3.05, 3.63) is 53.8 Å². The van der Waals surface area contributed by atoms with Crippen LogP contribution in [0, 0.1) is 12.7 Å². The fourth-order valence-corrected chi connectivity index (χ4v) is 2.37. The third-order valence-electron chi connectivity index (χ3n) is 2.60. The minimum atomic E-state index is -0.308. The lowest BCUT2D eigenvalue weighted by molar-refractivity contribution is 0.344. The van der Waals surface area contributed by atoms with E-state index in [1.807, 2.05) is 31.2 Å². The quantitative estimate of drug-likeness (QED) is 0.511. The molecule has 0 amide bonds. The largest absolute Gasteiger partial charge is 0.493 e. The Morgan fingerprint density at radius 3 is 2.58 bits per heavy atom. The molecule has 0 aromatic heterocycles. The van der Waals surface area contributed by atoms with Crippen LogP contribution in [0.5, 0.6) is 5.75 Å². The van der Waals surface area contributed by atoms with Gasteiger partial charge in [0.25, 0.3) is 0 Å². The molecule has 0 aliphatic heterocycles. The zero-order chi connectivity index (χ0) is 13.7. The van der Waals surface area contributed by atoms with Crippen molar-refractivity contribution in [1.29, 1.82) is 0 Å². The van der Waals surface area contributed by atoms with Crippen LogP contribution in [0.25, 0.3) is 0 Å². The summed E-state index contributed by atoms with van der Waals surface area (Å²) in [5.41, 5.74) is 7.41. The number of hydrogen-bond acceptors (Lipinski definition) is 3. The maximum atomic E-state index is 12.9. The van der Waals surface area contributed by atoms with E-state index < -0.39 is 0 Å². The Balaban J connectivity index is 1.79. The molecular weight excluding hydrogens is 261 g/mol. The molecule has 0 unspecified atom stereocenters. The highest BCUT2D eigenvalue weighted by Crippen LogP contribution is 2.25. The van der Waals surface area contributed by atoms with Gasteiger partial charge in [-0.25, -0.2) is 4.39 Å². The Labute approximate surface area is 116 Å². The molecule has 2 rings (SSSR count). The normalized spacial score (nSPS) is 10.4. The Morgan fingerprint density at radius 1 is 1.16 bits per heavy atom. The summed E-state index contributed by atoms with van der Waals surface area (Å²) in [6.45, 7) is 2.63. The SMILES string of the molecule is Cc1ccc(OCCSc2ccc(F)cc2N)cc1. The van der Waals surface area contributed by atoms with Gasteiger partial charge in [0.15, 0.2) is 0 Å². The average Bonchev–Trinajstić information content (AvgIpc) is 2.39. The van der Waals surface area contributed by atoms with Crippen LogP contribution in [0.3, 0.4) is 0 Å². The van der Waals surface area contributed by atoms with Gasteiger partial charge < -0.3 is 10.5 Å². The molecule has 4 heteroatoms. The van der Waals surface area contributed by atoms with Gasteiger partial charge in [0, 0.05) is 16.3 Å². The maximum absolute atomic E-state index is 12.9. The third-order valence-corrected chi connectivity index (χ3v) is 3.66. The molecule has 0 saturated carbocycles. The van der Waals surface area contributed by atoms with E-state index in [0.717, 1.165) is 16.4 Å². The predicted octanol–water partition coefficient (Wildman–Crippen LogP) is 3.89. The highest BCUT2D eigenvalue weighted by atomic mass is 32.2. The molecule has 0 radical (unpaired) electrons. The number of thioether (sulfide) groups is 1. The molecule has 2 aromatic rings. The van der Waals surface area contributed by atoms with E-state index in [9.17, 15) is 4.39 Å². The van der Waals surface area contributed by atoms with Gasteiger partial charge in [0.1, 0.15) is 11.6 Å². The summed E-state index contributed by atoms with van der Waals surface area (Å²) < 4.78 is 18.5. The molecule has 0 atom stereocenters. The average molecular weight is 277 g/mol. The van der Waals surface area contributed by atoms with E-state index in [4.69, 9.17) is 10.5 Å². The minimum absolute atomic E-state index is 0.308. The molecular formula is C15H16FNOS. The van der Waals surface area contributed by atoms with Crippen LogP contribution in [-0.4, -0.2) is 12.4 Å². The van der Waals surface area contributed by atoms with E-state index in [2.05, 4.69) is 0 Å². The predicted molar refractivity (Wildman–Crippen MR) is 78.2 cm³/mol. The number of halogens is 1. The Kier molecular flexibility index (Phi) is 4.68.